The molecule has 8 heteroatoms. The van der Waals surface area contributed by atoms with E-state index >= 15 is 0 Å². The lowest BCUT2D eigenvalue weighted by Gasteiger charge is -2.13. The van der Waals surface area contributed by atoms with E-state index in [1.165, 1.54) is 13.2 Å². The molecule has 7 nitrogen and oxygen atoms in total. The first-order valence-electron chi connectivity index (χ1n) is 11.3. The Bertz CT molecular complexity index is 1720. The van der Waals surface area contributed by atoms with Crippen LogP contribution in [-0.2, 0) is 10.0 Å². The molecule has 0 atom stereocenters. The maximum absolute atomic E-state index is 13.2. The van der Waals surface area contributed by atoms with Crippen LogP contribution in [0.4, 0.5) is 11.4 Å². The first-order chi connectivity index (χ1) is 17.2. The maximum Gasteiger partial charge on any atom is 0.262 e. The highest BCUT2D eigenvalue weighted by Crippen LogP contribution is 2.36. The normalized spacial score (nSPS) is 11.5. The first kappa shape index (κ1) is 23.4. The minimum absolute atomic E-state index is 0.0235. The van der Waals surface area contributed by atoms with E-state index in [1.54, 1.807) is 37.3 Å². The van der Waals surface area contributed by atoms with Crippen LogP contribution in [0.25, 0.3) is 21.9 Å². The average molecular weight is 501 g/mol. The standard InChI is InChI=1S/C28H24N2O5S/c1-17-8-12-20(13-9-17)30-36(32,33)27-14-19(11-10-18(27)2)28(31)29-23-16-25-22(15-26(23)34-3)21-6-4-5-7-24(21)35-25/h4-16,30H,1-3H3,(H,29,31). The van der Waals surface area contributed by atoms with E-state index in [4.69, 9.17) is 9.15 Å². The molecule has 1 amide bonds. The van der Waals surface area contributed by atoms with E-state index in [-0.39, 0.29) is 10.5 Å². The summed E-state index contributed by atoms with van der Waals surface area (Å²) in [5, 5.41) is 4.64. The number of aryl methyl sites for hydroxylation is 2. The van der Waals surface area contributed by atoms with Crippen LogP contribution >= 0.6 is 0 Å². The molecule has 2 N–H and O–H groups in total. The van der Waals surface area contributed by atoms with Gasteiger partial charge in [0.25, 0.3) is 15.9 Å². The monoisotopic (exact) mass is 500 g/mol. The number of hydrogen-bond donors (Lipinski definition) is 2. The molecule has 5 aromatic rings. The number of hydrogen-bond acceptors (Lipinski definition) is 5. The Morgan fingerprint density at radius 2 is 1.61 bits per heavy atom. The van der Waals surface area contributed by atoms with Gasteiger partial charge in [0.2, 0.25) is 0 Å². The van der Waals surface area contributed by atoms with E-state index < -0.39 is 15.9 Å². The first-order valence-corrected chi connectivity index (χ1v) is 12.7. The van der Waals surface area contributed by atoms with E-state index in [0.29, 0.717) is 28.3 Å². The molecule has 0 saturated heterocycles. The zero-order chi connectivity index (χ0) is 25.4. The number of rotatable bonds is 6. The zero-order valence-corrected chi connectivity index (χ0v) is 20.8. The highest BCUT2D eigenvalue weighted by Gasteiger charge is 2.21. The number of benzene rings is 4. The molecule has 0 aliphatic rings. The van der Waals surface area contributed by atoms with Crippen molar-refractivity contribution in [1.82, 2.24) is 0 Å². The number of sulfonamides is 1. The van der Waals surface area contributed by atoms with Crippen molar-refractivity contribution in [3.05, 3.63) is 95.6 Å². The number of amides is 1. The molecular formula is C28H24N2O5S. The Labute approximate surface area is 208 Å². The number of ether oxygens (including phenoxy) is 1. The molecule has 0 saturated carbocycles. The molecule has 0 spiro atoms. The third-order valence-electron chi connectivity index (χ3n) is 5.99. The zero-order valence-electron chi connectivity index (χ0n) is 20.0. The van der Waals surface area contributed by atoms with Gasteiger partial charge in [0.15, 0.2) is 0 Å². The lowest BCUT2D eigenvalue weighted by atomic mass is 10.1. The summed E-state index contributed by atoms with van der Waals surface area (Å²) in [5.74, 6) is -0.0149. The predicted molar refractivity (Wildman–Crippen MR) is 141 cm³/mol. The fourth-order valence-electron chi connectivity index (χ4n) is 4.08. The van der Waals surface area contributed by atoms with Gasteiger partial charge in [0, 0.05) is 28.1 Å². The van der Waals surface area contributed by atoms with E-state index in [9.17, 15) is 13.2 Å². The molecule has 1 aromatic heterocycles. The summed E-state index contributed by atoms with van der Waals surface area (Å²) in [6, 6.07) is 22.8. The summed E-state index contributed by atoms with van der Waals surface area (Å²) in [7, 11) is -2.39. The number of fused-ring (bicyclic) bond motifs is 3. The molecule has 0 aliphatic carbocycles. The molecule has 0 radical (unpaired) electrons. The Morgan fingerprint density at radius 1 is 0.861 bits per heavy atom. The fraction of sp³-hybridized carbons (Fsp3) is 0.107. The van der Waals surface area contributed by atoms with Gasteiger partial charge in [-0.05, 0) is 55.8 Å². The third kappa shape index (κ3) is 4.38. The second-order valence-electron chi connectivity index (χ2n) is 8.55. The van der Waals surface area contributed by atoms with E-state index in [0.717, 1.165) is 21.9 Å². The largest absolute Gasteiger partial charge is 0.495 e. The van der Waals surface area contributed by atoms with Crippen molar-refractivity contribution < 1.29 is 22.4 Å². The van der Waals surface area contributed by atoms with E-state index in [2.05, 4.69) is 10.0 Å². The minimum Gasteiger partial charge on any atom is -0.495 e. The Kier molecular flexibility index (Phi) is 5.89. The van der Waals surface area contributed by atoms with Crippen molar-refractivity contribution in [2.75, 3.05) is 17.1 Å². The van der Waals surface area contributed by atoms with Gasteiger partial charge in [-0.3, -0.25) is 9.52 Å². The second-order valence-corrected chi connectivity index (χ2v) is 10.2. The SMILES string of the molecule is COc1cc2c(cc1NC(=O)c1ccc(C)c(S(=O)(=O)Nc3ccc(C)cc3)c1)oc1ccccc12. The van der Waals surface area contributed by atoms with Crippen LogP contribution in [0.2, 0.25) is 0 Å². The number of nitrogens with one attached hydrogen (secondary N) is 2. The number of anilines is 2. The Hall–Kier alpha value is -4.30. The van der Waals surface area contributed by atoms with Crippen LogP contribution in [0, 0.1) is 13.8 Å². The molecule has 0 bridgehead atoms. The van der Waals surface area contributed by atoms with Crippen LogP contribution in [0.15, 0.2) is 88.2 Å². The van der Waals surface area contributed by atoms with Crippen molar-refractivity contribution in [2.24, 2.45) is 0 Å². The van der Waals surface area contributed by atoms with Crippen molar-refractivity contribution in [3.8, 4) is 5.75 Å². The van der Waals surface area contributed by atoms with Gasteiger partial charge in [-0.25, -0.2) is 8.42 Å². The second kappa shape index (κ2) is 9.05. The van der Waals surface area contributed by atoms with Crippen LogP contribution in [0.1, 0.15) is 21.5 Å². The van der Waals surface area contributed by atoms with Crippen LogP contribution < -0.4 is 14.8 Å². The number of methoxy groups -OCH3 is 1. The smallest absolute Gasteiger partial charge is 0.262 e. The lowest BCUT2D eigenvalue weighted by molar-refractivity contribution is 0.102. The number of carbonyl (C=O) groups excluding carboxylic acids is 1. The van der Waals surface area contributed by atoms with Gasteiger partial charge >= 0.3 is 0 Å². The highest BCUT2D eigenvalue weighted by molar-refractivity contribution is 7.92. The van der Waals surface area contributed by atoms with Crippen molar-refractivity contribution >= 4 is 49.2 Å². The lowest BCUT2D eigenvalue weighted by Crippen LogP contribution is -2.17. The van der Waals surface area contributed by atoms with Gasteiger partial charge < -0.3 is 14.5 Å². The molecule has 4 aromatic carbocycles. The number of carbonyl (C=O) groups is 1. The van der Waals surface area contributed by atoms with Crippen molar-refractivity contribution in [3.63, 3.8) is 0 Å². The molecule has 5 rings (SSSR count). The molecule has 0 aliphatic heterocycles. The predicted octanol–water partition coefficient (Wildman–Crippen LogP) is 6.26. The van der Waals surface area contributed by atoms with Gasteiger partial charge in [-0.15, -0.1) is 0 Å². The summed E-state index contributed by atoms with van der Waals surface area (Å²) in [5.41, 5.74) is 3.91. The highest BCUT2D eigenvalue weighted by atomic mass is 32.2. The van der Waals surface area contributed by atoms with Crippen molar-refractivity contribution in [1.29, 1.82) is 0 Å². The molecule has 182 valence electrons. The van der Waals surface area contributed by atoms with Gasteiger partial charge in [-0.2, -0.15) is 0 Å². The summed E-state index contributed by atoms with van der Waals surface area (Å²) < 4.78 is 40.2. The van der Waals surface area contributed by atoms with E-state index in [1.807, 2.05) is 49.4 Å². The van der Waals surface area contributed by atoms with Gasteiger partial charge in [-0.1, -0.05) is 42.0 Å². The maximum atomic E-state index is 13.2. The molecular weight excluding hydrogens is 476 g/mol. The molecule has 1 heterocycles. The summed E-state index contributed by atoms with van der Waals surface area (Å²) in [6.45, 7) is 3.61. The summed E-state index contributed by atoms with van der Waals surface area (Å²) in [6.07, 6.45) is 0. The fourth-order valence-corrected chi connectivity index (χ4v) is 5.41. The quantitative estimate of drug-likeness (QED) is 0.287. The van der Waals surface area contributed by atoms with Crippen LogP contribution in [-0.4, -0.2) is 21.4 Å². The third-order valence-corrected chi connectivity index (χ3v) is 7.51. The summed E-state index contributed by atoms with van der Waals surface area (Å²) in [4.78, 5) is 13.2. The van der Waals surface area contributed by atoms with Crippen molar-refractivity contribution in [2.45, 2.75) is 18.7 Å². The topological polar surface area (TPSA) is 97.6 Å². The minimum atomic E-state index is -3.91. The molecule has 0 fully saturated rings. The number of para-hydroxylation sites is 1. The number of furan rings is 1. The average Bonchev–Trinajstić information content (AvgIpc) is 3.22. The Balaban J connectivity index is 1.46. The van der Waals surface area contributed by atoms with Crippen LogP contribution in [0.5, 0.6) is 5.75 Å². The molecule has 36 heavy (non-hydrogen) atoms. The van der Waals surface area contributed by atoms with Gasteiger partial charge in [0.1, 0.15) is 16.9 Å². The summed E-state index contributed by atoms with van der Waals surface area (Å²) >= 11 is 0. The molecule has 0 unspecified atom stereocenters. The van der Waals surface area contributed by atoms with Crippen LogP contribution in [0.3, 0.4) is 0 Å². The Morgan fingerprint density at radius 3 is 2.36 bits per heavy atom. The van der Waals surface area contributed by atoms with Gasteiger partial charge in [0.05, 0.1) is 17.7 Å².